The molecule has 1 rings (SSSR count). The summed E-state index contributed by atoms with van der Waals surface area (Å²) in [5, 5.41) is 4.35. The summed E-state index contributed by atoms with van der Waals surface area (Å²) in [7, 11) is 0. The summed E-state index contributed by atoms with van der Waals surface area (Å²) >= 11 is 9.57. The van der Waals surface area contributed by atoms with E-state index in [1.54, 1.807) is 0 Å². The van der Waals surface area contributed by atoms with Crippen LogP contribution in [-0.2, 0) is 6.54 Å². The van der Waals surface area contributed by atoms with Gasteiger partial charge in [-0.3, -0.25) is 0 Å². The molecule has 0 fully saturated rings. The summed E-state index contributed by atoms with van der Waals surface area (Å²) in [6.07, 6.45) is 2.36. The molecule has 1 nitrogen and oxygen atoms in total. The number of nitrogens with one attached hydrogen (secondary N) is 1. The first-order valence-corrected chi connectivity index (χ1v) is 6.80. The average Bonchev–Trinajstić information content (AvgIpc) is 2.16. The van der Waals surface area contributed by atoms with E-state index in [1.165, 1.54) is 12.8 Å². The number of hydrogen-bond donors (Lipinski definition) is 1. The highest BCUT2D eigenvalue weighted by Crippen LogP contribution is 2.22. The van der Waals surface area contributed by atoms with Crippen molar-refractivity contribution in [1.82, 2.24) is 5.32 Å². The molecular formula is C13H19BrClN. The third-order valence-electron chi connectivity index (χ3n) is 2.65. The molecule has 0 saturated heterocycles. The highest BCUT2D eigenvalue weighted by atomic mass is 79.9. The Morgan fingerprint density at radius 2 is 2.06 bits per heavy atom. The summed E-state index contributed by atoms with van der Waals surface area (Å²) in [5.74, 6) is 0. The normalized spacial score (nSPS) is 11.8. The number of halogens is 2. The van der Waals surface area contributed by atoms with Gasteiger partial charge in [-0.1, -0.05) is 46.9 Å². The molecule has 0 atom stereocenters. The van der Waals surface area contributed by atoms with Gasteiger partial charge in [-0.25, -0.2) is 0 Å². The number of rotatable bonds is 5. The van der Waals surface area contributed by atoms with Crippen LogP contribution in [0.5, 0.6) is 0 Å². The van der Waals surface area contributed by atoms with E-state index in [-0.39, 0.29) is 5.54 Å². The van der Waals surface area contributed by atoms with Gasteiger partial charge in [0.25, 0.3) is 0 Å². The fraction of sp³-hybridized carbons (Fsp3) is 0.538. The van der Waals surface area contributed by atoms with Crippen molar-refractivity contribution in [3.8, 4) is 0 Å². The Balaban J connectivity index is 2.61. The Bertz CT molecular complexity index is 350. The molecule has 1 aromatic rings. The highest BCUT2D eigenvalue weighted by Gasteiger charge is 2.15. The molecule has 0 aliphatic heterocycles. The molecule has 0 radical (unpaired) electrons. The third-order valence-corrected chi connectivity index (χ3v) is 3.49. The van der Waals surface area contributed by atoms with Crippen LogP contribution in [0.2, 0.25) is 5.02 Å². The second-order valence-corrected chi connectivity index (χ2v) is 6.05. The van der Waals surface area contributed by atoms with E-state index >= 15 is 0 Å². The van der Waals surface area contributed by atoms with Crippen molar-refractivity contribution in [1.29, 1.82) is 0 Å². The molecule has 0 amide bonds. The Morgan fingerprint density at radius 1 is 1.38 bits per heavy atom. The van der Waals surface area contributed by atoms with Gasteiger partial charge in [-0.2, -0.15) is 0 Å². The van der Waals surface area contributed by atoms with E-state index in [0.29, 0.717) is 0 Å². The van der Waals surface area contributed by atoms with Gasteiger partial charge in [-0.05, 0) is 38.0 Å². The zero-order valence-electron chi connectivity index (χ0n) is 10.1. The van der Waals surface area contributed by atoms with Crippen LogP contribution < -0.4 is 5.32 Å². The number of hydrogen-bond acceptors (Lipinski definition) is 1. The highest BCUT2D eigenvalue weighted by molar-refractivity contribution is 9.10. The average molecular weight is 305 g/mol. The van der Waals surface area contributed by atoms with E-state index in [9.17, 15) is 0 Å². The maximum absolute atomic E-state index is 6.17. The Kier molecular flexibility index (Phi) is 5.29. The smallest absolute Gasteiger partial charge is 0.0462 e. The molecule has 0 aliphatic carbocycles. The summed E-state index contributed by atoms with van der Waals surface area (Å²) in [4.78, 5) is 0. The van der Waals surface area contributed by atoms with Crippen LogP contribution in [0.3, 0.4) is 0 Å². The second-order valence-electron chi connectivity index (χ2n) is 4.72. The molecule has 0 bridgehead atoms. The fourth-order valence-corrected chi connectivity index (χ4v) is 2.45. The lowest BCUT2D eigenvalue weighted by Gasteiger charge is -2.26. The summed E-state index contributed by atoms with van der Waals surface area (Å²) in [6.45, 7) is 7.47. The lowest BCUT2D eigenvalue weighted by Crippen LogP contribution is -2.38. The van der Waals surface area contributed by atoms with Crippen molar-refractivity contribution in [3.63, 3.8) is 0 Å². The van der Waals surface area contributed by atoms with Crippen LogP contribution >= 0.6 is 27.5 Å². The first-order chi connectivity index (χ1) is 7.44. The van der Waals surface area contributed by atoms with Crippen LogP contribution in [0.1, 0.15) is 39.2 Å². The van der Waals surface area contributed by atoms with Crippen molar-refractivity contribution in [2.24, 2.45) is 0 Å². The molecule has 0 aliphatic rings. The topological polar surface area (TPSA) is 12.0 Å². The molecular weight excluding hydrogens is 286 g/mol. The first kappa shape index (κ1) is 14.0. The van der Waals surface area contributed by atoms with Crippen LogP contribution in [-0.4, -0.2) is 5.54 Å². The fourth-order valence-electron chi connectivity index (χ4n) is 1.71. The Morgan fingerprint density at radius 3 is 2.62 bits per heavy atom. The van der Waals surface area contributed by atoms with Crippen LogP contribution in [0.4, 0.5) is 0 Å². The van der Waals surface area contributed by atoms with Gasteiger partial charge in [-0.15, -0.1) is 0 Å². The summed E-state index contributed by atoms with van der Waals surface area (Å²) < 4.78 is 1.02. The molecule has 1 aromatic carbocycles. The monoisotopic (exact) mass is 303 g/mol. The van der Waals surface area contributed by atoms with E-state index in [0.717, 1.165) is 21.6 Å². The summed E-state index contributed by atoms with van der Waals surface area (Å²) in [5.41, 5.74) is 1.32. The van der Waals surface area contributed by atoms with Crippen molar-refractivity contribution < 1.29 is 0 Å². The van der Waals surface area contributed by atoms with Crippen LogP contribution in [0.15, 0.2) is 22.7 Å². The largest absolute Gasteiger partial charge is 0.308 e. The minimum Gasteiger partial charge on any atom is -0.308 e. The molecule has 90 valence electrons. The molecule has 3 heteroatoms. The van der Waals surface area contributed by atoms with Crippen LogP contribution in [0, 0.1) is 0 Å². The molecule has 0 spiro atoms. The van der Waals surface area contributed by atoms with E-state index in [2.05, 4.69) is 48.1 Å². The lowest BCUT2D eigenvalue weighted by atomic mass is 9.98. The molecule has 0 unspecified atom stereocenters. The predicted octanol–water partition coefficient (Wildman–Crippen LogP) is 4.77. The molecule has 0 heterocycles. The lowest BCUT2D eigenvalue weighted by molar-refractivity contribution is 0.357. The second kappa shape index (κ2) is 6.04. The van der Waals surface area contributed by atoms with Gasteiger partial charge in [0.2, 0.25) is 0 Å². The van der Waals surface area contributed by atoms with Gasteiger partial charge in [0.05, 0.1) is 0 Å². The van der Waals surface area contributed by atoms with Crippen molar-refractivity contribution in [3.05, 3.63) is 33.3 Å². The van der Waals surface area contributed by atoms with Crippen LogP contribution in [0.25, 0.3) is 0 Å². The zero-order chi connectivity index (χ0) is 12.2. The third kappa shape index (κ3) is 4.44. The van der Waals surface area contributed by atoms with Crippen molar-refractivity contribution >= 4 is 27.5 Å². The SMILES string of the molecule is CCCC(C)(C)NCc1ccc(Br)cc1Cl. The van der Waals surface area contributed by atoms with Gasteiger partial charge >= 0.3 is 0 Å². The first-order valence-electron chi connectivity index (χ1n) is 5.63. The molecule has 1 N–H and O–H groups in total. The van der Waals surface area contributed by atoms with E-state index < -0.39 is 0 Å². The summed E-state index contributed by atoms with van der Waals surface area (Å²) in [6, 6.07) is 6.02. The van der Waals surface area contributed by atoms with Gasteiger partial charge in [0, 0.05) is 21.6 Å². The molecule has 0 saturated carbocycles. The maximum Gasteiger partial charge on any atom is 0.0462 e. The predicted molar refractivity (Wildman–Crippen MR) is 75.0 cm³/mol. The van der Waals surface area contributed by atoms with Crippen molar-refractivity contribution in [2.45, 2.75) is 45.7 Å². The molecule has 16 heavy (non-hydrogen) atoms. The van der Waals surface area contributed by atoms with Gasteiger partial charge in [0.1, 0.15) is 0 Å². The van der Waals surface area contributed by atoms with E-state index in [4.69, 9.17) is 11.6 Å². The Labute approximate surface area is 112 Å². The zero-order valence-corrected chi connectivity index (χ0v) is 12.5. The Hall–Kier alpha value is -0.0500. The van der Waals surface area contributed by atoms with Gasteiger partial charge in [0.15, 0.2) is 0 Å². The van der Waals surface area contributed by atoms with Crippen molar-refractivity contribution in [2.75, 3.05) is 0 Å². The number of benzene rings is 1. The van der Waals surface area contributed by atoms with Gasteiger partial charge < -0.3 is 5.32 Å². The molecule has 0 aromatic heterocycles. The minimum atomic E-state index is 0.172. The standard InChI is InChI=1S/C13H19BrClN/c1-4-7-13(2,3)16-9-10-5-6-11(14)8-12(10)15/h5-6,8,16H,4,7,9H2,1-3H3. The quantitative estimate of drug-likeness (QED) is 0.826. The maximum atomic E-state index is 6.17. The minimum absolute atomic E-state index is 0.172. The van der Waals surface area contributed by atoms with E-state index in [1.807, 2.05) is 12.1 Å².